The first-order valence-electron chi connectivity index (χ1n) is 30.4. The summed E-state index contributed by atoms with van der Waals surface area (Å²) in [6.45, 7) is 7.56. The van der Waals surface area contributed by atoms with Gasteiger partial charge in [-0.1, -0.05) is 252 Å². The van der Waals surface area contributed by atoms with Crippen LogP contribution in [0.3, 0.4) is 0 Å². The lowest BCUT2D eigenvalue weighted by Gasteiger charge is -2.18. The van der Waals surface area contributed by atoms with Crippen molar-refractivity contribution in [1.29, 1.82) is 0 Å². The van der Waals surface area contributed by atoms with E-state index in [4.69, 9.17) is 14.2 Å². The van der Waals surface area contributed by atoms with E-state index in [1.54, 1.807) is 0 Å². The molecule has 0 aliphatic heterocycles. The third-order valence-corrected chi connectivity index (χ3v) is 12.8. The van der Waals surface area contributed by atoms with Crippen LogP contribution in [0.1, 0.15) is 278 Å². The highest BCUT2D eigenvalue weighted by molar-refractivity contribution is 5.70. The summed E-state index contributed by atoms with van der Waals surface area (Å²) in [6.07, 6.45) is 85.4. The molecule has 0 saturated heterocycles. The van der Waals surface area contributed by atoms with Crippen LogP contribution in [0.25, 0.3) is 0 Å². The van der Waals surface area contributed by atoms with Crippen LogP contribution in [0, 0.1) is 0 Å². The van der Waals surface area contributed by atoms with Crippen LogP contribution in [0.15, 0.2) is 109 Å². The zero-order chi connectivity index (χ0) is 52.0. The van der Waals surface area contributed by atoms with Crippen molar-refractivity contribution in [3.63, 3.8) is 0 Å². The van der Waals surface area contributed by atoms with E-state index in [2.05, 4.69) is 130 Å². The van der Waals surface area contributed by atoms with Crippen LogP contribution in [-0.2, 0) is 23.8 Å². The summed E-state index contributed by atoms with van der Waals surface area (Å²) < 4.78 is 17.5. The second kappa shape index (κ2) is 61.9. The lowest BCUT2D eigenvalue weighted by Crippen LogP contribution is -2.30. The number of esters is 2. The van der Waals surface area contributed by atoms with Crippen molar-refractivity contribution in [2.45, 2.75) is 284 Å². The van der Waals surface area contributed by atoms with Crippen molar-refractivity contribution in [3.8, 4) is 0 Å². The fourth-order valence-corrected chi connectivity index (χ4v) is 8.31. The summed E-state index contributed by atoms with van der Waals surface area (Å²) in [6, 6.07) is 0. The average Bonchev–Trinajstić information content (AvgIpc) is 3.38. The molecule has 0 rings (SSSR count). The van der Waals surface area contributed by atoms with E-state index in [1.165, 1.54) is 135 Å². The second-order valence-corrected chi connectivity index (χ2v) is 19.8. The molecule has 0 aliphatic carbocycles. The summed E-state index contributed by atoms with van der Waals surface area (Å²) in [7, 11) is 0. The minimum Gasteiger partial charge on any atom is -0.462 e. The summed E-state index contributed by atoms with van der Waals surface area (Å²) in [5, 5.41) is 0. The summed E-state index contributed by atoms with van der Waals surface area (Å²) in [5.41, 5.74) is 0. The van der Waals surface area contributed by atoms with Gasteiger partial charge >= 0.3 is 11.9 Å². The molecule has 0 saturated carbocycles. The summed E-state index contributed by atoms with van der Waals surface area (Å²) in [5.74, 6) is -0.417. The molecular formula is C67H114O5. The molecule has 0 radical (unpaired) electrons. The topological polar surface area (TPSA) is 61.8 Å². The molecule has 0 fully saturated rings. The molecule has 72 heavy (non-hydrogen) atoms. The van der Waals surface area contributed by atoms with Gasteiger partial charge in [-0.05, 0) is 122 Å². The third kappa shape index (κ3) is 59.1. The highest BCUT2D eigenvalue weighted by Gasteiger charge is 2.17. The molecule has 0 N–H and O–H groups in total. The molecule has 5 nitrogen and oxygen atoms in total. The first-order valence-corrected chi connectivity index (χ1v) is 30.4. The molecule has 1 unspecified atom stereocenters. The van der Waals surface area contributed by atoms with Gasteiger partial charge in [-0.3, -0.25) is 9.59 Å². The van der Waals surface area contributed by atoms with Crippen LogP contribution in [-0.4, -0.2) is 37.9 Å². The van der Waals surface area contributed by atoms with E-state index in [1.807, 2.05) is 0 Å². The number of unbranched alkanes of at least 4 members (excludes halogenated alkanes) is 26. The van der Waals surface area contributed by atoms with Crippen molar-refractivity contribution in [3.05, 3.63) is 109 Å². The standard InChI is InChI=1S/C67H114O5/c1-4-7-10-13-16-19-22-25-28-31-33-35-38-41-44-47-50-53-56-59-62-70-63-65(72-67(69)61-58-55-52-49-46-43-40-36-30-27-24-21-18-15-12-9-6-3)64-71-66(68)60-57-54-51-48-45-42-39-37-34-32-29-26-23-20-17-14-11-8-5-2/h7,9-10,12,16-21,25-30,33,35,65H,4-6,8,11,13-15,22-24,31-32,34,36-64H2,1-3H3/b10-7-,12-9-,19-16-,20-17-,21-18-,28-25-,29-26-,30-27-,35-33-. The normalized spacial score (nSPS) is 13.0. The first-order chi connectivity index (χ1) is 35.6. The third-order valence-electron chi connectivity index (χ3n) is 12.8. The van der Waals surface area contributed by atoms with E-state index in [0.717, 1.165) is 109 Å². The predicted octanol–water partition coefficient (Wildman–Crippen LogP) is 21.1. The molecule has 0 amide bonds. The number of carbonyl (C=O) groups is 2. The van der Waals surface area contributed by atoms with Crippen molar-refractivity contribution in [2.75, 3.05) is 19.8 Å². The monoisotopic (exact) mass is 999 g/mol. The second-order valence-electron chi connectivity index (χ2n) is 19.8. The zero-order valence-electron chi connectivity index (χ0n) is 47.4. The van der Waals surface area contributed by atoms with Crippen molar-refractivity contribution in [2.24, 2.45) is 0 Å². The molecule has 0 aromatic heterocycles. The lowest BCUT2D eigenvalue weighted by molar-refractivity contribution is -0.163. The van der Waals surface area contributed by atoms with Gasteiger partial charge in [-0.2, -0.15) is 0 Å². The van der Waals surface area contributed by atoms with Crippen molar-refractivity contribution < 1.29 is 23.8 Å². The maximum absolute atomic E-state index is 12.9. The Hall–Kier alpha value is -3.44. The van der Waals surface area contributed by atoms with Crippen molar-refractivity contribution in [1.82, 2.24) is 0 Å². The maximum Gasteiger partial charge on any atom is 0.306 e. The van der Waals surface area contributed by atoms with Crippen molar-refractivity contribution >= 4 is 11.9 Å². The number of allylic oxidation sites excluding steroid dienone is 18. The maximum atomic E-state index is 12.9. The van der Waals surface area contributed by atoms with Gasteiger partial charge in [0, 0.05) is 19.4 Å². The molecule has 0 aromatic rings. The Kier molecular flexibility index (Phi) is 58.9. The van der Waals surface area contributed by atoms with Crippen LogP contribution in [0.5, 0.6) is 0 Å². The Bertz CT molecular complexity index is 1410. The van der Waals surface area contributed by atoms with E-state index in [-0.39, 0.29) is 25.2 Å². The van der Waals surface area contributed by atoms with Gasteiger partial charge in [-0.15, -0.1) is 0 Å². The van der Waals surface area contributed by atoms with Crippen LogP contribution >= 0.6 is 0 Å². The Morgan fingerprint density at radius 1 is 0.319 bits per heavy atom. The van der Waals surface area contributed by atoms with Gasteiger partial charge in [0.15, 0.2) is 6.10 Å². The quantitative estimate of drug-likeness (QED) is 0.0345. The van der Waals surface area contributed by atoms with E-state index >= 15 is 0 Å². The molecule has 0 spiro atoms. The predicted molar refractivity (Wildman–Crippen MR) is 316 cm³/mol. The number of rotatable bonds is 55. The van der Waals surface area contributed by atoms with Gasteiger partial charge in [-0.25, -0.2) is 0 Å². The molecule has 0 aromatic carbocycles. The molecule has 1 atom stereocenters. The first kappa shape index (κ1) is 68.6. The average molecular weight is 1000 g/mol. The minimum atomic E-state index is -0.557. The highest BCUT2D eigenvalue weighted by Crippen LogP contribution is 2.15. The fourth-order valence-electron chi connectivity index (χ4n) is 8.31. The molecule has 0 aliphatic rings. The molecular weight excluding hydrogens is 885 g/mol. The van der Waals surface area contributed by atoms with Gasteiger partial charge in [0.1, 0.15) is 6.61 Å². The number of hydrogen-bond donors (Lipinski definition) is 0. The number of ether oxygens (including phenoxy) is 3. The highest BCUT2D eigenvalue weighted by atomic mass is 16.6. The zero-order valence-corrected chi connectivity index (χ0v) is 47.4. The Morgan fingerprint density at radius 3 is 1.00 bits per heavy atom. The van der Waals surface area contributed by atoms with Crippen LogP contribution in [0.4, 0.5) is 0 Å². The minimum absolute atomic E-state index is 0.0694. The Balaban J connectivity index is 4.33. The SMILES string of the molecule is CC/C=C\C/C=C\C/C=C\C/C=C\CCCCCCCCCOCC(COC(=O)CCCCCCCCCCC/C=C\C/C=C\CCCCC)OC(=O)CCCCCCCCC/C=C\C/C=C\C/C=C\CC. The fraction of sp³-hybridized carbons (Fsp3) is 0.701. The van der Waals surface area contributed by atoms with Gasteiger partial charge in [0.25, 0.3) is 0 Å². The van der Waals surface area contributed by atoms with Gasteiger partial charge in [0.2, 0.25) is 0 Å². The number of carbonyl (C=O) groups excluding carboxylic acids is 2. The summed E-state index contributed by atoms with van der Waals surface area (Å²) >= 11 is 0. The van der Waals surface area contributed by atoms with E-state index < -0.39 is 6.10 Å². The largest absolute Gasteiger partial charge is 0.462 e. The van der Waals surface area contributed by atoms with E-state index in [9.17, 15) is 9.59 Å². The molecule has 5 heteroatoms. The summed E-state index contributed by atoms with van der Waals surface area (Å²) in [4.78, 5) is 25.6. The van der Waals surface area contributed by atoms with Gasteiger partial charge in [0.05, 0.1) is 6.61 Å². The molecule has 0 bridgehead atoms. The Morgan fingerprint density at radius 2 is 0.625 bits per heavy atom. The Labute approximate surface area is 446 Å². The number of hydrogen-bond acceptors (Lipinski definition) is 5. The van der Waals surface area contributed by atoms with Gasteiger partial charge < -0.3 is 14.2 Å². The van der Waals surface area contributed by atoms with Crippen LogP contribution < -0.4 is 0 Å². The smallest absolute Gasteiger partial charge is 0.306 e. The van der Waals surface area contributed by atoms with Crippen LogP contribution in [0.2, 0.25) is 0 Å². The molecule has 0 heterocycles. The lowest BCUT2D eigenvalue weighted by atomic mass is 10.1. The van der Waals surface area contributed by atoms with E-state index in [0.29, 0.717) is 19.4 Å². The molecule has 412 valence electrons.